The lowest BCUT2D eigenvalue weighted by molar-refractivity contribution is 0.268. The van der Waals surface area contributed by atoms with Gasteiger partial charge in [-0.1, -0.05) is 19.9 Å². The van der Waals surface area contributed by atoms with Gasteiger partial charge >= 0.3 is 0 Å². The number of nitrogens with one attached hydrogen (secondary N) is 2. The SMILES string of the molecule is CCCOc1ccc(C(C)NC(=NC)NCc2ncc(C)s2)cc1OCCC. The van der Waals surface area contributed by atoms with E-state index < -0.39 is 0 Å². The van der Waals surface area contributed by atoms with Crippen LogP contribution >= 0.6 is 11.3 Å². The smallest absolute Gasteiger partial charge is 0.191 e. The first-order valence-electron chi connectivity index (χ1n) is 9.85. The number of aromatic nitrogens is 1. The Labute approximate surface area is 172 Å². The van der Waals surface area contributed by atoms with Crippen molar-refractivity contribution in [1.29, 1.82) is 0 Å². The summed E-state index contributed by atoms with van der Waals surface area (Å²) >= 11 is 1.69. The van der Waals surface area contributed by atoms with Crippen LogP contribution in [-0.4, -0.2) is 31.2 Å². The predicted molar refractivity (Wildman–Crippen MR) is 117 cm³/mol. The van der Waals surface area contributed by atoms with Gasteiger partial charge in [-0.05, 0) is 44.4 Å². The van der Waals surface area contributed by atoms with Gasteiger partial charge in [-0.3, -0.25) is 4.99 Å². The molecular formula is C21H32N4O2S. The van der Waals surface area contributed by atoms with Gasteiger partial charge in [0.25, 0.3) is 0 Å². The molecule has 0 fully saturated rings. The van der Waals surface area contributed by atoms with Crippen LogP contribution in [0.25, 0.3) is 0 Å². The largest absolute Gasteiger partial charge is 0.490 e. The number of ether oxygens (including phenoxy) is 2. The number of nitrogens with zero attached hydrogens (tertiary/aromatic N) is 2. The molecule has 0 saturated carbocycles. The van der Waals surface area contributed by atoms with E-state index in [0.717, 1.165) is 40.9 Å². The highest BCUT2D eigenvalue weighted by atomic mass is 32.1. The standard InChI is InChI=1S/C21H32N4O2S/c1-6-10-26-18-9-8-17(12-19(18)27-11-7-2)16(4)25-21(22-5)24-14-20-23-13-15(3)28-20/h8-9,12-13,16H,6-7,10-11,14H2,1-5H3,(H2,22,24,25). The fourth-order valence-electron chi connectivity index (χ4n) is 2.58. The summed E-state index contributed by atoms with van der Waals surface area (Å²) in [6.45, 7) is 10.4. The lowest BCUT2D eigenvalue weighted by Gasteiger charge is -2.20. The summed E-state index contributed by atoms with van der Waals surface area (Å²) in [4.78, 5) is 9.90. The Hall–Kier alpha value is -2.28. The summed E-state index contributed by atoms with van der Waals surface area (Å²) in [6, 6.07) is 6.17. The van der Waals surface area contributed by atoms with E-state index in [-0.39, 0.29) is 6.04 Å². The topological polar surface area (TPSA) is 67.8 Å². The molecule has 6 nitrogen and oxygen atoms in total. The molecule has 0 saturated heterocycles. The number of benzene rings is 1. The van der Waals surface area contributed by atoms with Crippen LogP contribution < -0.4 is 20.1 Å². The highest BCUT2D eigenvalue weighted by Crippen LogP contribution is 2.31. The van der Waals surface area contributed by atoms with Gasteiger partial charge in [0.2, 0.25) is 0 Å². The van der Waals surface area contributed by atoms with Crippen LogP contribution in [0.1, 0.15) is 55.1 Å². The van der Waals surface area contributed by atoms with Gasteiger partial charge in [0.15, 0.2) is 17.5 Å². The average Bonchev–Trinajstić information content (AvgIpc) is 3.13. The molecule has 2 rings (SSSR count). The van der Waals surface area contributed by atoms with Crippen molar-refractivity contribution < 1.29 is 9.47 Å². The van der Waals surface area contributed by atoms with Crippen molar-refractivity contribution in [3.63, 3.8) is 0 Å². The molecule has 2 N–H and O–H groups in total. The number of thiazole rings is 1. The third kappa shape index (κ3) is 6.71. The first-order valence-corrected chi connectivity index (χ1v) is 10.7. The van der Waals surface area contributed by atoms with Gasteiger partial charge in [-0.25, -0.2) is 4.98 Å². The lowest BCUT2D eigenvalue weighted by Crippen LogP contribution is -2.38. The van der Waals surface area contributed by atoms with Crippen molar-refractivity contribution in [2.45, 2.75) is 53.1 Å². The molecule has 0 spiro atoms. The molecule has 0 aliphatic rings. The Morgan fingerprint density at radius 2 is 1.89 bits per heavy atom. The zero-order valence-corrected chi connectivity index (χ0v) is 18.4. The van der Waals surface area contributed by atoms with Crippen LogP contribution in [0.15, 0.2) is 29.4 Å². The molecule has 28 heavy (non-hydrogen) atoms. The van der Waals surface area contributed by atoms with Crippen LogP contribution in [0.4, 0.5) is 0 Å². The third-order valence-electron chi connectivity index (χ3n) is 4.04. The quantitative estimate of drug-likeness (QED) is 0.452. The minimum absolute atomic E-state index is 0.0634. The predicted octanol–water partition coefficient (Wildman–Crippen LogP) is 4.46. The van der Waals surface area contributed by atoms with Crippen LogP contribution in [0.3, 0.4) is 0 Å². The first-order chi connectivity index (χ1) is 13.6. The van der Waals surface area contributed by atoms with Crippen molar-refractivity contribution in [3.8, 4) is 11.5 Å². The third-order valence-corrected chi connectivity index (χ3v) is 4.96. The van der Waals surface area contributed by atoms with E-state index in [2.05, 4.69) is 60.4 Å². The maximum atomic E-state index is 5.91. The van der Waals surface area contributed by atoms with Crippen molar-refractivity contribution in [3.05, 3.63) is 39.8 Å². The Morgan fingerprint density at radius 3 is 2.50 bits per heavy atom. The molecular weight excluding hydrogens is 372 g/mol. The number of hydrogen-bond donors (Lipinski definition) is 2. The maximum absolute atomic E-state index is 5.91. The summed E-state index contributed by atoms with van der Waals surface area (Å²) in [6.07, 6.45) is 3.81. The van der Waals surface area contributed by atoms with Crippen LogP contribution in [0.5, 0.6) is 11.5 Å². The Morgan fingerprint density at radius 1 is 1.18 bits per heavy atom. The number of aryl methyl sites for hydroxylation is 1. The molecule has 2 aromatic rings. The van der Waals surface area contributed by atoms with Crippen molar-refractivity contribution in [1.82, 2.24) is 15.6 Å². The molecule has 1 heterocycles. The Bertz CT molecular complexity index is 761. The van der Waals surface area contributed by atoms with Gasteiger partial charge in [-0.2, -0.15) is 0 Å². The van der Waals surface area contributed by atoms with E-state index in [1.54, 1.807) is 18.4 Å². The molecule has 154 valence electrons. The van der Waals surface area contributed by atoms with E-state index >= 15 is 0 Å². The zero-order chi connectivity index (χ0) is 20.4. The average molecular weight is 405 g/mol. The molecule has 1 aromatic heterocycles. The second kappa shape index (κ2) is 11.5. The highest BCUT2D eigenvalue weighted by molar-refractivity contribution is 7.11. The molecule has 0 amide bonds. The summed E-state index contributed by atoms with van der Waals surface area (Å²) in [5.74, 6) is 2.33. The molecule has 0 aliphatic heterocycles. The van der Waals surface area contributed by atoms with Crippen molar-refractivity contribution in [2.24, 2.45) is 4.99 Å². The summed E-state index contributed by atoms with van der Waals surface area (Å²) in [5.41, 5.74) is 1.11. The fourth-order valence-corrected chi connectivity index (χ4v) is 3.30. The van der Waals surface area contributed by atoms with Gasteiger partial charge in [0.1, 0.15) is 5.01 Å². The molecule has 1 atom stereocenters. The maximum Gasteiger partial charge on any atom is 0.191 e. The highest BCUT2D eigenvalue weighted by Gasteiger charge is 2.13. The first kappa shape index (κ1) is 22.0. The van der Waals surface area contributed by atoms with E-state index in [1.165, 1.54) is 4.88 Å². The number of rotatable bonds is 10. The second-order valence-electron chi connectivity index (χ2n) is 6.56. The van der Waals surface area contributed by atoms with E-state index in [4.69, 9.17) is 9.47 Å². The summed E-state index contributed by atoms with van der Waals surface area (Å²) < 4.78 is 11.7. The van der Waals surface area contributed by atoms with Gasteiger partial charge < -0.3 is 20.1 Å². The molecule has 1 aromatic carbocycles. The van der Waals surface area contributed by atoms with E-state index in [9.17, 15) is 0 Å². The van der Waals surface area contributed by atoms with Crippen LogP contribution in [-0.2, 0) is 6.54 Å². The minimum Gasteiger partial charge on any atom is -0.490 e. The van der Waals surface area contributed by atoms with Crippen molar-refractivity contribution >= 4 is 17.3 Å². The van der Waals surface area contributed by atoms with Crippen molar-refractivity contribution in [2.75, 3.05) is 20.3 Å². The Balaban J connectivity index is 2.03. The van der Waals surface area contributed by atoms with E-state index in [0.29, 0.717) is 19.8 Å². The van der Waals surface area contributed by atoms with Gasteiger partial charge in [0, 0.05) is 18.1 Å². The van der Waals surface area contributed by atoms with Crippen LogP contribution in [0.2, 0.25) is 0 Å². The monoisotopic (exact) mass is 404 g/mol. The lowest BCUT2D eigenvalue weighted by atomic mass is 10.1. The van der Waals surface area contributed by atoms with Gasteiger partial charge in [0.05, 0.1) is 25.8 Å². The molecule has 0 bridgehead atoms. The molecule has 0 radical (unpaired) electrons. The normalized spacial score (nSPS) is 12.5. The minimum atomic E-state index is 0.0634. The molecule has 1 unspecified atom stereocenters. The number of guanidine groups is 1. The van der Waals surface area contributed by atoms with E-state index in [1.807, 2.05) is 12.3 Å². The fraction of sp³-hybridized carbons (Fsp3) is 0.524. The number of hydrogen-bond acceptors (Lipinski definition) is 5. The Kier molecular flexibility index (Phi) is 9.07. The molecule has 0 aliphatic carbocycles. The molecule has 7 heteroatoms. The summed E-state index contributed by atoms with van der Waals surface area (Å²) in [5, 5.41) is 7.79. The second-order valence-corrected chi connectivity index (χ2v) is 7.88. The zero-order valence-electron chi connectivity index (χ0n) is 17.5. The van der Waals surface area contributed by atoms with Gasteiger partial charge in [-0.15, -0.1) is 11.3 Å². The van der Waals surface area contributed by atoms with Crippen LogP contribution in [0, 0.1) is 6.92 Å². The number of aliphatic imine (C=N–C) groups is 1. The summed E-state index contributed by atoms with van der Waals surface area (Å²) in [7, 11) is 1.77.